The smallest absolute Gasteiger partial charge is 0.312 e. The number of piperazine rings is 1. The van der Waals surface area contributed by atoms with Crippen molar-refractivity contribution in [3.63, 3.8) is 0 Å². The molecule has 33 heavy (non-hydrogen) atoms. The zero-order valence-electron chi connectivity index (χ0n) is 18.2. The second-order valence-corrected chi connectivity index (χ2v) is 9.86. The predicted molar refractivity (Wildman–Crippen MR) is 123 cm³/mol. The third kappa shape index (κ3) is 5.61. The standard InChI is InChI=1S/C21H25ClN4O6S/c1-15(21(27)23-14-16-5-3-4-6-18(16)22)24-9-11-25(12-10-24)33(30,31)17-7-8-20(32-2)19(13-17)26(28)29/h3-8,13,15H,9-12,14H2,1-2H3,(H,23,27). The minimum atomic E-state index is -3.93. The minimum absolute atomic E-state index is 0.0135. The molecule has 0 saturated carbocycles. The fourth-order valence-corrected chi connectivity index (χ4v) is 5.24. The number of halogens is 1. The van der Waals surface area contributed by atoms with Crippen molar-refractivity contribution in [2.45, 2.75) is 24.4 Å². The number of amides is 1. The number of carbonyl (C=O) groups excluding carboxylic acids is 1. The lowest BCUT2D eigenvalue weighted by molar-refractivity contribution is -0.386. The quantitative estimate of drug-likeness (QED) is 0.439. The Kier molecular flexibility index (Phi) is 7.90. The Balaban J connectivity index is 1.61. The molecule has 1 saturated heterocycles. The molecule has 1 atom stereocenters. The number of hydrogen-bond acceptors (Lipinski definition) is 7. The number of nitrogens with zero attached hydrogens (tertiary/aromatic N) is 3. The molecule has 2 aromatic rings. The van der Waals surface area contributed by atoms with Gasteiger partial charge >= 0.3 is 5.69 Å². The predicted octanol–water partition coefficient (Wildman–Crippen LogP) is 2.27. The van der Waals surface area contributed by atoms with Gasteiger partial charge in [0.2, 0.25) is 15.9 Å². The molecule has 0 bridgehead atoms. The third-order valence-corrected chi connectivity index (χ3v) is 7.86. The molecule has 0 spiro atoms. The van der Waals surface area contributed by atoms with Gasteiger partial charge in [-0.1, -0.05) is 29.8 Å². The second-order valence-electron chi connectivity index (χ2n) is 7.52. The fraction of sp³-hybridized carbons (Fsp3) is 0.381. The van der Waals surface area contributed by atoms with Crippen LogP contribution in [0.15, 0.2) is 47.4 Å². The summed E-state index contributed by atoms with van der Waals surface area (Å²) in [6.07, 6.45) is 0. The van der Waals surface area contributed by atoms with Crippen LogP contribution in [0.3, 0.4) is 0 Å². The van der Waals surface area contributed by atoms with Gasteiger partial charge in [0.05, 0.1) is 23.0 Å². The van der Waals surface area contributed by atoms with Crippen molar-refractivity contribution in [2.75, 3.05) is 33.3 Å². The molecule has 10 nitrogen and oxygen atoms in total. The Morgan fingerprint density at radius 1 is 1.21 bits per heavy atom. The number of benzene rings is 2. The highest BCUT2D eigenvalue weighted by molar-refractivity contribution is 7.89. The molecule has 1 aliphatic rings. The molecular weight excluding hydrogens is 472 g/mol. The number of carbonyl (C=O) groups is 1. The number of hydrogen-bond donors (Lipinski definition) is 1. The largest absolute Gasteiger partial charge is 0.490 e. The van der Waals surface area contributed by atoms with Gasteiger partial charge < -0.3 is 10.1 Å². The Morgan fingerprint density at radius 3 is 2.48 bits per heavy atom. The summed E-state index contributed by atoms with van der Waals surface area (Å²) < 4.78 is 32.2. The van der Waals surface area contributed by atoms with E-state index in [9.17, 15) is 23.3 Å². The van der Waals surface area contributed by atoms with E-state index in [4.69, 9.17) is 16.3 Å². The molecule has 1 N–H and O–H groups in total. The van der Waals surface area contributed by atoms with E-state index in [-0.39, 0.29) is 29.6 Å². The van der Waals surface area contributed by atoms with Gasteiger partial charge in [0.25, 0.3) is 0 Å². The topological polar surface area (TPSA) is 122 Å². The highest BCUT2D eigenvalue weighted by Crippen LogP contribution is 2.31. The lowest BCUT2D eigenvalue weighted by Gasteiger charge is -2.36. The van der Waals surface area contributed by atoms with Gasteiger partial charge in [-0.15, -0.1) is 0 Å². The molecule has 0 radical (unpaired) electrons. The van der Waals surface area contributed by atoms with Crippen molar-refractivity contribution in [1.82, 2.24) is 14.5 Å². The summed E-state index contributed by atoms with van der Waals surface area (Å²) in [4.78, 5) is 24.9. The normalized spacial score (nSPS) is 16.2. The SMILES string of the molecule is COc1ccc(S(=O)(=O)N2CCN(C(C)C(=O)NCc3ccccc3Cl)CC2)cc1[N+](=O)[O-]. The maximum Gasteiger partial charge on any atom is 0.312 e. The van der Waals surface area contributed by atoms with Crippen LogP contribution in [0.5, 0.6) is 5.75 Å². The maximum atomic E-state index is 13.0. The number of ether oxygens (including phenoxy) is 1. The molecule has 0 aliphatic carbocycles. The first-order valence-corrected chi connectivity index (χ1v) is 12.0. The fourth-order valence-electron chi connectivity index (χ4n) is 3.59. The highest BCUT2D eigenvalue weighted by atomic mass is 35.5. The third-order valence-electron chi connectivity index (χ3n) is 5.60. The van der Waals surface area contributed by atoms with E-state index >= 15 is 0 Å². The monoisotopic (exact) mass is 496 g/mol. The molecule has 1 unspecified atom stereocenters. The van der Waals surface area contributed by atoms with Crippen molar-refractivity contribution in [3.05, 3.63) is 63.2 Å². The number of nitro benzene ring substituents is 1. The second kappa shape index (κ2) is 10.5. The number of sulfonamides is 1. The number of nitrogens with one attached hydrogen (secondary N) is 1. The van der Waals surface area contributed by atoms with Gasteiger partial charge in [0.15, 0.2) is 5.75 Å². The van der Waals surface area contributed by atoms with Crippen molar-refractivity contribution in [2.24, 2.45) is 0 Å². The van der Waals surface area contributed by atoms with E-state index < -0.39 is 26.7 Å². The van der Waals surface area contributed by atoms with E-state index in [1.54, 1.807) is 13.0 Å². The van der Waals surface area contributed by atoms with Gasteiger partial charge in [-0.2, -0.15) is 4.31 Å². The van der Waals surface area contributed by atoms with Crippen LogP contribution in [0.25, 0.3) is 0 Å². The summed E-state index contributed by atoms with van der Waals surface area (Å²) >= 11 is 6.12. The van der Waals surface area contributed by atoms with Crippen LogP contribution in [-0.2, 0) is 21.4 Å². The molecule has 3 rings (SSSR count). The van der Waals surface area contributed by atoms with Crippen LogP contribution in [0, 0.1) is 10.1 Å². The molecule has 1 amide bonds. The molecule has 178 valence electrons. The highest BCUT2D eigenvalue weighted by Gasteiger charge is 2.33. The van der Waals surface area contributed by atoms with Gasteiger partial charge in [-0.3, -0.25) is 19.8 Å². The summed E-state index contributed by atoms with van der Waals surface area (Å²) in [5, 5.41) is 14.7. The molecule has 1 heterocycles. The lowest BCUT2D eigenvalue weighted by Crippen LogP contribution is -2.54. The number of rotatable bonds is 8. The molecular formula is C21H25ClN4O6S. The Morgan fingerprint density at radius 2 is 1.88 bits per heavy atom. The van der Waals surface area contributed by atoms with E-state index in [1.165, 1.54) is 23.5 Å². The first-order valence-electron chi connectivity index (χ1n) is 10.2. The Bertz CT molecular complexity index is 1140. The summed E-state index contributed by atoms with van der Waals surface area (Å²) in [5.74, 6) is -0.197. The maximum absolute atomic E-state index is 13.0. The first kappa shape index (κ1) is 24.9. The van der Waals surface area contributed by atoms with Crippen LogP contribution < -0.4 is 10.1 Å². The zero-order chi connectivity index (χ0) is 24.2. The van der Waals surface area contributed by atoms with Crippen LogP contribution in [0.4, 0.5) is 5.69 Å². The average Bonchev–Trinajstić information content (AvgIpc) is 2.82. The summed E-state index contributed by atoms with van der Waals surface area (Å²) in [6.45, 7) is 3.07. The minimum Gasteiger partial charge on any atom is -0.490 e. The van der Waals surface area contributed by atoms with E-state index in [2.05, 4.69) is 5.32 Å². The van der Waals surface area contributed by atoms with Gasteiger partial charge in [0.1, 0.15) is 0 Å². The average molecular weight is 497 g/mol. The molecule has 1 fully saturated rings. The number of methoxy groups -OCH3 is 1. The molecule has 0 aromatic heterocycles. The van der Waals surface area contributed by atoms with Gasteiger partial charge in [0, 0.05) is 43.8 Å². The molecule has 2 aromatic carbocycles. The van der Waals surface area contributed by atoms with Gasteiger partial charge in [-0.25, -0.2) is 8.42 Å². The van der Waals surface area contributed by atoms with E-state index in [0.717, 1.165) is 11.6 Å². The molecule has 12 heteroatoms. The van der Waals surface area contributed by atoms with Crippen molar-refractivity contribution < 1.29 is 22.9 Å². The summed E-state index contributed by atoms with van der Waals surface area (Å²) in [5.41, 5.74) is 0.394. The van der Waals surface area contributed by atoms with E-state index in [0.29, 0.717) is 24.7 Å². The van der Waals surface area contributed by atoms with Crippen LogP contribution >= 0.6 is 11.6 Å². The Hall–Kier alpha value is -2.73. The van der Waals surface area contributed by atoms with Crippen LogP contribution in [-0.4, -0.2) is 67.8 Å². The Labute approximate surface area is 197 Å². The molecule has 1 aliphatic heterocycles. The van der Waals surface area contributed by atoms with Crippen molar-refractivity contribution >= 4 is 33.2 Å². The van der Waals surface area contributed by atoms with Crippen LogP contribution in [0.2, 0.25) is 5.02 Å². The van der Waals surface area contributed by atoms with Crippen molar-refractivity contribution in [3.8, 4) is 5.75 Å². The zero-order valence-corrected chi connectivity index (χ0v) is 19.8. The lowest BCUT2D eigenvalue weighted by atomic mass is 10.2. The van der Waals surface area contributed by atoms with Crippen LogP contribution in [0.1, 0.15) is 12.5 Å². The van der Waals surface area contributed by atoms with E-state index in [1.807, 2.05) is 23.1 Å². The summed E-state index contributed by atoms with van der Waals surface area (Å²) in [6, 6.07) is 10.3. The van der Waals surface area contributed by atoms with Gasteiger partial charge in [-0.05, 0) is 30.7 Å². The van der Waals surface area contributed by atoms with Crippen molar-refractivity contribution in [1.29, 1.82) is 0 Å². The number of nitro groups is 1. The summed E-state index contributed by atoms with van der Waals surface area (Å²) in [7, 11) is -2.65. The first-order chi connectivity index (χ1) is 15.6.